The number of rotatable bonds is 4. The molecule has 1 heterocycles. The zero-order valence-electron chi connectivity index (χ0n) is 11.3. The van der Waals surface area contributed by atoms with Gasteiger partial charge in [0.1, 0.15) is 6.10 Å². The molecule has 1 fully saturated rings. The number of hydrogen-bond donors (Lipinski definition) is 0. The molecule has 1 saturated carbocycles. The van der Waals surface area contributed by atoms with Crippen LogP contribution in [0.1, 0.15) is 55.9 Å². The molecular formula is C14H20N2O3. The van der Waals surface area contributed by atoms with Crippen LogP contribution in [0.25, 0.3) is 0 Å². The molecule has 0 aromatic carbocycles. The van der Waals surface area contributed by atoms with Gasteiger partial charge in [-0.1, -0.05) is 13.3 Å². The average molecular weight is 264 g/mol. The Balaban J connectivity index is 2.05. The second-order valence-corrected chi connectivity index (χ2v) is 4.95. The van der Waals surface area contributed by atoms with Gasteiger partial charge in [-0.25, -0.2) is 9.48 Å². The number of hydrogen-bond acceptors (Lipinski definition) is 4. The van der Waals surface area contributed by atoms with E-state index >= 15 is 0 Å². The first-order chi connectivity index (χ1) is 9.20. The number of aryl methyl sites for hydroxylation is 1. The molecule has 0 spiro atoms. The lowest BCUT2D eigenvalue weighted by Gasteiger charge is -2.21. The van der Waals surface area contributed by atoms with Crippen molar-refractivity contribution in [2.45, 2.75) is 58.1 Å². The highest BCUT2D eigenvalue weighted by Gasteiger charge is 2.20. The van der Waals surface area contributed by atoms with Crippen molar-refractivity contribution in [1.82, 2.24) is 9.78 Å². The maximum Gasteiger partial charge on any atom is 0.359 e. The lowest BCUT2D eigenvalue weighted by atomic mass is 9.98. The van der Waals surface area contributed by atoms with Crippen molar-refractivity contribution in [1.29, 1.82) is 0 Å². The SMILES string of the molecule is CCCn1nc(C(=O)OC2CCCCC2)ccc1=O. The zero-order chi connectivity index (χ0) is 13.7. The molecule has 104 valence electrons. The van der Waals surface area contributed by atoms with Crippen LogP contribution in [-0.4, -0.2) is 21.9 Å². The highest BCUT2D eigenvalue weighted by atomic mass is 16.5. The van der Waals surface area contributed by atoms with Crippen LogP contribution in [0.4, 0.5) is 0 Å². The van der Waals surface area contributed by atoms with Crippen molar-refractivity contribution in [2.75, 3.05) is 0 Å². The Morgan fingerprint density at radius 3 is 2.79 bits per heavy atom. The minimum absolute atomic E-state index is 0.00889. The van der Waals surface area contributed by atoms with E-state index < -0.39 is 5.97 Å². The van der Waals surface area contributed by atoms with Gasteiger partial charge in [0.15, 0.2) is 5.69 Å². The van der Waals surface area contributed by atoms with Crippen LogP contribution < -0.4 is 5.56 Å². The number of esters is 1. The van der Waals surface area contributed by atoms with Crippen LogP contribution in [0.2, 0.25) is 0 Å². The van der Waals surface area contributed by atoms with E-state index in [9.17, 15) is 9.59 Å². The van der Waals surface area contributed by atoms with Gasteiger partial charge in [-0.05, 0) is 38.2 Å². The second-order valence-electron chi connectivity index (χ2n) is 4.95. The van der Waals surface area contributed by atoms with Gasteiger partial charge >= 0.3 is 5.97 Å². The minimum Gasteiger partial charge on any atom is -0.458 e. The first-order valence-corrected chi connectivity index (χ1v) is 7.00. The Hall–Kier alpha value is -1.65. The molecule has 5 nitrogen and oxygen atoms in total. The summed E-state index contributed by atoms with van der Waals surface area (Å²) in [7, 11) is 0. The Bertz CT molecular complexity index is 490. The summed E-state index contributed by atoms with van der Waals surface area (Å²) in [6.07, 6.45) is 6.11. The smallest absolute Gasteiger partial charge is 0.359 e. The highest BCUT2D eigenvalue weighted by molar-refractivity contribution is 5.87. The maximum atomic E-state index is 12.0. The van der Waals surface area contributed by atoms with Crippen molar-refractivity contribution < 1.29 is 9.53 Å². The third-order valence-electron chi connectivity index (χ3n) is 3.34. The molecular weight excluding hydrogens is 244 g/mol. The first-order valence-electron chi connectivity index (χ1n) is 7.00. The summed E-state index contributed by atoms with van der Waals surface area (Å²) in [6.45, 7) is 2.48. The van der Waals surface area contributed by atoms with Crippen LogP contribution in [0.5, 0.6) is 0 Å². The minimum atomic E-state index is -0.420. The summed E-state index contributed by atoms with van der Waals surface area (Å²) in [5.74, 6) is -0.420. The van der Waals surface area contributed by atoms with Crippen molar-refractivity contribution >= 4 is 5.97 Å². The fourth-order valence-electron chi connectivity index (χ4n) is 2.32. The van der Waals surface area contributed by atoms with Crippen molar-refractivity contribution in [2.24, 2.45) is 0 Å². The van der Waals surface area contributed by atoms with E-state index in [0.717, 1.165) is 32.1 Å². The predicted octanol–water partition coefficient (Wildman–Crippen LogP) is 2.14. The van der Waals surface area contributed by atoms with Gasteiger partial charge in [-0.3, -0.25) is 4.79 Å². The summed E-state index contributed by atoms with van der Waals surface area (Å²) in [4.78, 5) is 23.5. The van der Waals surface area contributed by atoms with Gasteiger partial charge in [0.05, 0.1) is 0 Å². The van der Waals surface area contributed by atoms with Gasteiger partial charge in [0.2, 0.25) is 0 Å². The molecule has 1 aliphatic carbocycles. The molecule has 0 N–H and O–H groups in total. The lowest BCUT2D eigenvalue weighted by molar-refractivity contribution is 0.0201. The van der Waals surface area contributed by atoms with E-state index in [0.29, 0.717) is 6.54 Å². The number of nitrogens with zero attached hydrogens (tertiary/aromatic N) is 2. The topological polar surface area (TPSA) is 61.2 Å². The summed E-state index contributed by atoms with van der Waals surface area (Å²) >= 11 is 0. The molecule has 5 heteroatoms. The van der Waals surface area contributed by atoms with Crippen molar-refractivity contribution in [3.05, 3.63) is 28.2 Å². The molecule has 1 aliphatic rings. The van der Waals surface area contributed by atoms with E-state index in [4.69, 9.17) is 4.74 Å². The monoisotopic (exact) mass is 264 g/mol. The van der Waals surface area contributed by atoms with E-state index in [-0.39, 0.29) is 17.4 Å². The molecule has 0 amide bonds. The van der Waals surface area contributed by atoms with Gasteiger partial charge in [0.25, 0.3) is 5.56 Å². The summed E-state index contributed by atoms with van der Waals surface area (Å²) in [5.41, 5.74) is 0.0367. The molecule has 0 unspecified atom stereocenters. The molecule has 2 rings (SSSR count). The third kappa shape index (κ3) is 3.66. The van der Waals surface area contributed by atoms with E-state index in [1.54, 1.807) is 0 Å². The molecule has 0 aliphatic heterocycles. The van der Waals surface area contributed by atoms with Crippen LogP contribution in [0, 0.1) is 0 Å². The Morgan fingerprint density at radius 1 is 1.37 bits per heavy atom. The van der Waals surface area contributed by atoms with Crippen LogP contribution in [0.3, 0.4) is 0 Å². The number of aromatic nitrogens is 2. The number of ether oxygens (including phenoxy) is 1. The summed E-state index contributed by atoms with van der Waals surface area (Å²) < 4.78 is 6.75. The van der Waals surface area contributed by atoms with Crippen molar-refractivity contribution in [3.8, 4) is 0 Å². The molecule has 0 bridgehead atoms. The molecule has 0 radical (unpaired) electrons. The molecule has 1 aromatic rings. The lowest BCUT2D eigenvalue weighted by Crippen LogP contribution is -2.27. The molecule has 0 atom stereocenters. The third-order valence-corrected chi connectivity index (χ3v) is 3.34. The van der Waals surface area contributed by atoms with Crippen LogP contribution >= 0.6 is 0 Å². The van der Waals surface area contributed by atoms with E-state index in [1.165, 1.54) is 23.2 Å². The molecule has 0 saturated heterocycles. The maximum absolute atomic E-state index is 12.0. The molecule has 19 heavy (non-hydrogen) atoms. The Morgan fingerprint density at radius 2 is 2.11 bits per heavy atom. The van der Waals surface area contributed by atoms with Gasteiger partial charge in [-0.2, -0.15) is 5.10 Å². The van der Waals surface area contributed by atoms with Gasteiger partial charge < -0.3 is 4.74 Å². The summed E-state index contributed by atoms with van der Waals surface area (Å²) in [6, 6.07) is 2.82. The zero-order valence-corrected chi connectivity index (χ0v) is 11.3. The fraction of sp³-hybridized carbons (Fsp3) is 0.643. The quantitative estimate of drug-likeness (QED) is 0.782. The highest BCUT2D eigenvalue weighted by Crippen LogP contribution is 2.20. The van der Waals surface area contributed by atoms with E-state index in [1.807, 2.05) is 6.92 Å². The number of carbonyl (C=O) groups is 1. The Labute approximate surface area is 112 Å². The fourth-order valence-corrected chi connectivity index (χ4v) is 2.32. The average Bonchev–Trinajstić information content (AvgIpc) is 2.42. The van der Waals surface area contributed by atoms with Crippen LogP contribution in [0.15, 0.2) is 16.9 Å². The first kappa shape index (κ1) is 13.8. The van der Waals surface area contributed by atoms with Crippen molar-refractivity contribution in [3.63, 3.8) is 0 Å². The molecule has 1 aromatic heterocycles. The van der Waals surface area contributed by atoms with Gasteiger partial charge in [-0.15, -0.1) is 0 Å². The normalized spacial score (nSPS) is 16.3. The predicted molar refractivity (Wildman–Crippen MR) is 71.1 cm³/mol. The summed E-state index contributed by atoms with van der Waals surface area (Å²) in [5, 5.41) is 4.06. The van der Waals surface area contributed by atoms with E-state index in [2.05, 4.69) is 5.10 Å². The second kappa shape index (κ2) is 6.50. The van der Waals surface area contributed by atoms with Crippen LogP contribution in [-0.2, 0) is 11.3 Å². The standard InChI is InChI=1S/C14H20N2O3/c1-2-10-16-13(17)9-8-12(15-16)14(18)19-11-6-4-3-5-7-11/h8-9,11H,2-7,10H2,1H3. The van der Waals surface area contributed by atoms with Gasteiger partial charge in [0, 0.05) is 12.6 Å². The number of carbonyl (C=O) groups excluding carboxylic acids is 1. The Kier molecular flexibility index (Phi) is 4.71. The largest absolute Gasteiger partial charge is 0.458 e.